The third kappa shape index (κ3) is 5.52. The van der Waals surface area contributed by atoms with Gasteiger partial charge in [-0.1, -0.05) is 23.2 Å². The van der Waals surface area contributed by atoms with Crippen molar-refractivity contribution in [3.8, 4) is 0 Å². The molecule has 2 rings (SSSR count). The van der Waals surface area contributed by atoms with Crippen LogP contribution >= 0.6 is 23.2 Å². The average Bonchev–Trinajstić information content (AvgIpc) is 2.62. The minimum atomic E-state index is -0.807. The lowest BCUT2D eigenvalue weighted by atomic mass is 10.0. The first kappa shape index (κ1) is 23.7. The van der Waals surface area contributed by atoms with Gasteiger partial charge in [0.05, 0.1) is 17.4 Å². The van der Waals surface area contributed by atoms with Crippen LogP contribution in [0.3, 0.4) is 0 Å². The number of nitrogens with two attached hydrogens (primary N) is 3. The standard InChI is InChI=1S/C20H27Cl2N5O3/c1-11(13-9-12(21)5-6-14(13)22)26-7-8-27(19(29)30-20(2,3)4)17(24)16(26)10-15(23)18(25)28/h5-6,9-11H,7-8,23-24H2,1-4H3,(H2,25,28). The van der Waals surface area contributed by atoms with Crippen LogP contribution in [0, 0.1) is 0 Å². The molecule has 1 aromatic rings. The Morgan fingerprint density at radius 2 is 1.83 bits per heavy atom. The van der Waals surface area contributed by atoms with Gasteiger partial charge in [0.25, 0.3) is 5.91 Å². The molecule has 0 aliphatic carbocycles. The first-order valence-electron chi connectivity index (χ1n) is 9.30. The molecule has 0 saturated heterocycles. The van der Waals surface area contributed by atoms with Crippen molar-refractivity contribution in [1.29, 1.82) is 0 Å². The zero-order chi connectivity index (χ0) is 22.8. The van der Waals surface area contributed by atoms with Gasteiger partial charge in [-0.15, -0.1) is 0 Å². The van der Waals surface area contributed by atoms with Crippen LogP contribution in [-0.2, 0) is 9.53 Å². The number of hydrogen-bond donors (Lipinski definition) is 3. The maximum Gasteiger partial charge on any atom is 0.416 e. The smallest absolute Gasteiger partial charge is 0.416 e. The minimum absolute atomic E-state index is 0.0877. The Kier molecular flexibility index (Phi) is 7.15. The molecule has 1 heterocycles. The van der Waals surface area contributed by atoms with Crippen LogP contribution in [0.1, 0.15) is 39.3 Å². The van der Waals surface area contributed by atoms with Gasteiger partial charge in [0.1, 0.15) is 11.4 Å². The number of rotatable bonds is 4. The summed E-state index contributed by atoms with van der Waals surface area (Å²) in [6.07, 6.45) is 0.750. The van der Waals surface area contributed by atoms with Crippen LogP contribution in [0.25, 0.3) is 0 Å². The van der Waals surface area contributed by atoms with Gasteiger partial charge in [-0.25, -0.2) is 4.79 Å². The number of carbonyl (C=O) groups excluding carboxylic acids is 2. The average molecular weight is 456 g/mol. The summed E-state index contributed by atoms with van der Waals surface area (Å²) in [6, 6.07) is 4.86. The largest absolute Gasteiger partial charge is 0.443 e. The molecule has 0 bridgehead atoms. The summed E-state index contributed by atoms with van der Waals surface area (Å²) in [5, 5.41) is 1.05. The maximum absolute atomic E-state index is 12.6. The van der Waals surface area contributed by atoms with Crippen molar-refractivity contribution in [2.24, 2.45) is 17.2 Å². The van der Waals surface area contributed by atoms with E-state index in [0.29, 0.717) is 22.3 Å². The molecular weight excluding hydrogens is 429 g/mol. The molecular formula is C20H27Cl2N5O3. The highest BCUT2D eigenvalue weighted by atomic mass is 35.5. The normalized spacial score (nSPS) is 16.5. The Balaban J connectivity index is 2.53. The predicted octanol–water partition coefficient (Wildman–Crippen LogP) is 3.06. The van der Waals surface area contributed by atoms with Crippen molar-refractivity contribution in [3.05, 3.63) is 57.1 Å². The van der Waals surface area contributed by atoms with Crippen molar-refractivity contribution in [2.45, 2.75) is 39.3 Å². The Labute approximate surface area is 186 Å². The van der Waals surface area contributed by atoms with Crippen LogP contribution in [0.15, 0.2) is 41.5 Å². The fraction of sp³-hybridized carbons (Fsp3) is 0.400. The molecule has 1 atom stereocenters. The molecule has 8 nitrogen and oxygen atoms in total. The highest BCUT2D eigenvalue weighted by Gasteiger charge is 2.33. The van der Waals surface area contributed by atoms with E-state index >= 15 is 0 Å². The number of primary amides is 1. The van der Waals surface area contributed by atoms with Crippen LogP contribution in [0.4, 0.5) is 4.79 Å². The maximum atomic E-state index is 12.6. The van der Waals surface area contributed by atoms with Crippen molar-refractivity contribution < 1.29 is 14.3 Å². The summed E-state index contributed by atoms with van der Waals surface area (Å²) in [6.45, 7) is 7.82. The van der Waals surface area contributed by atoms with E-state index in [1.807, 2.05) is 11.8 Å². The number of hydrogen-bond acceptors (Lipinski definition) is 6. The Morgan fingerprint density at radius 1 is 1.20 bits per heavy atom. The van der Waals surface area contributed by atoms with Gasteiger partial charge in [-0.3, -0.25) is 9.69 Å². The molecule has 0 aromatic heterocycles. The predicted molar refractivity (Wildman–Crippen MR) is 117 cm³/mol. The molecule has 164 valence electrons. The van der Waals surface area contributed by atoms with E-state index < -0.39 is 17.6 Å². The zero-order valence-corrected chi connectivity index (χ0v) is 18.9. The lowest BCUT2D eigenvalue weighted by Gasteiger charge is -2.41. The Hall–Kier alpha value is -2.58. The van der Waals surface area contributed by atoms with Gasteiger partial charge in [0.15, 0.2) is 0 Å². The molecule has 0 fully saturated rings. The number of ether oxygens (including phenoxy) is 1. The third-order valence-electron chi connectivity index (χ3n) is 4.49. The molecule has 1 unspecified atom stereocenters. The van der Waals surface area contributed by atoms with E-state index in [-0.39, 0.29) is 24.1 Å². The fourth-order valence-electron chi connectivity index (χ4n) is 3.02. The van der Waals surface area contributed by atoms with Crippen molar-refractivity contribution in [2.75, 3.05) is 13.1 Å². The summed E-state index contributed by atoms with van der Waals surface area (Å²) in [5.74, 6) is -0.720. The summed E-state index contributed by atoms with van der Waals surface area (Å²) in [4.78, 5) is 27.3. The van der Waals surface area contributed by atoms with Crippen molar-refractivity contribution in [3.63, 3.8) is 0 Å². The van der Waals surface area contributed by atoms with Crippen molar-refractivity contribution >= 4 is 35.2 Å². The number of halogens is 2. The topological polar surface area (TPSA) is 128 Å². The second kappa shape index (κ2) is 9.06. The molecule has 10 heteroatoms. The molecule has 0 radical (unpaired) electrons. The van der Waals surface area contributed by atoms with E-state index in [2.05, 4.69) is 0 Å². The minimum Gasteiger partial charge on any atom is -0.443 e. The van der Waals surface area contributed by atoms with E-state index in [0.717, 1.165) is 5.56 Å². The number of amides is 2. The van der Waals surface area contributed by atoms with Crippen LogP contribution in [0.2, 0.25) is 10.0 Å². The number of nitrogens with zero attached hydrogens (tertiary/aromatic N) is 2. The van der Waals surface area contributed by atoms with E-state index in [1.165, 1.54) is 11.0 Å². The highest BCUT2D eigenvalue weighted by molar-refractivity contribution is 6.33. The Morgan fingerprint density at radius 3 is 2.40 bits per heavy atom. The zero-order valence-electron chi connectivity index (χ0n) is 17.4. The summed E-state index contributed by atoms with van der Waals surface area (Å²) in [5.41, 5.74) is 17.6. The SMILES string of the molecule is CC(c1cc(Cl)ccc1Cl)N1CCN(C(=O)OC(C)(C)C)C(N)=C1C=C(N)C(N)=O. The molecule has 1 aliphatic heterocycles. The van der Waals surface area contributed by atoms with E-state index in [9.17, 15) is 9.59 Å². The van der Waals surface area contributed by atoms with Gasteiger partial charge >= 0.3 is 6.09 Å². The van der Waals surface area contributed by atoms with Gasteiger partial charge in [0.2, 0.25) is 0 Å². The first-order chi connectivity index (χ1) is 13.8. The fourth-order valence-corrected chi connectivity index (χ4v) is 3.48. The summed E-state index contributed by atoms with van der Waals surface area (Å²) >= 11 is 12.5. The molecule has 30 heavy (non-hydrogen) atoms. The number of benzene rings is 1. The highest BCUT2D eigenvalue weighted by Crippen LogP contribution is 2.34. The second-order valence-electron chi connectivity index (χ2n) is 7.90. The molecule has 6 N–H and O–H groups in total. The lowest BCUT2D eigenvalue weighted by molar-refractivity contribution is -0.114. The number of carbonyl (C=O) groups is 2. The lowest BCUT2D eigenvalue weighted by Crippen LogP contribution is -2.49. The van der Waals surface area contributed by atoms with Crippen molar-refractivity contribution in [1.82, 2.24) is 9.80 Å². The molecule has 2 amide bonds. The van der Waals surface area contributed by atoms with Gasteiger partial charge < -0.3 is 26.8 Å². The Bertz CT molecular complexity index is 908. The van der Waals surface area contributed by atoms with Crippen LogP contribution in [0.5, 0.6) is 0 Å². The summed E-state index contributed by atoms with van der Waals surface area (Å²) in [7, 11) is 0. The van der Waals surface area contributed by atoms with Gasteiger partial charge in [-0.2, -0.15) is 0 Å². The molecule has 1 aromatic carbocycles. The third-order valence-corrected chi connectivity index (χ3v) is 5.07. The monoisotopic (exact) mass is 455 g/mol. The summed E-state index contributed by atoms with van der Waals surface area (Å²) < 4.78 is 5.44. The molecule has 1 aliphatic rings. The first-order valence-corrected chi connectivity index (χ1v) is 10.1. The molecule has 0 spiro atoms. The number of allylic oxidation sites excluding steroid dienone is 1. The second-order valence-corrected chi connectivity index (χ2v) is 8.75. The van der Waals surface area contributed by atoms with Crippen LogP contribution < -0.4 is 17.2 Å². The van der Waals surface area contributed by atoms with E-state index in [4.69, 9.17) is 45.1 Å². The van der Waals surface area contributed by atoms with Crippen LogP contribution in [-0.4, -0.2) is 40.5 Å². The molecule has 0 saturated carbocycles. The quantitative estimate of drug-likeness (QED) is 0.598. The van der Waals surface area contributed by atoms with Gasteiger partial charge in [-0.05, 0) is 57.5 Å². The van der Waals surface area contributed by atoms with E-state index in [1.54, 1.807) is 39.0 Å². The van der Waals surface area contributed by atoms with Gasteiger partial charge in [0, 0.05) is 23.1 Å².